The van der Waals surface area contributed by atoms with Crippen molar-refractivity contribution in [3.8, 4) is 0 Å². The zero-order valence-electron chi connectivity index (χ0n) is 12.1. The Balaban J connectivity index is 2.89. The van der Waals surface area contributed by atoms with E-state index in [1.807, 2.05) is 19.9 Å². The second-order valence-electron chi connectivity index (χ2n) is 4.58. The number of benzene rings is 1. The molecule has 0 radical (unpaired) electrons. The first-order valence-corrected chi connectivity index (χ1v) is 7.66. The SMILES string of the molecule is CCC(CC)NC(=O)c1ccccc1SC(C)C(=O)O. The summed E-state index contributed by atoms with van der Waals surface area (Å²) in [7, 11) is 0. The molecule has 110 valence electrons. The van der Waals surface area contributed by atoms with E-state index < -0.39 is 11.2 Å². The minimum atomic E-state index is -0.884. The molecule has 1 aromatic rings. The zero-order valence-corrected chi connectivity index (χ0v) is 12.9. The Morgan fingerprint density at radius 1 is 1.25 bits per heavy atom. The van der Waals surface area contributed by atoms with E-state index in [1.165, 1.54) is 11.8 Å². The topological polar surface area (TPSA) is 66.4 Å². The molecular weight excluding hydrogens is 274 g/mol. The fraction of sp³-hybridized carbons (Fsp3) is 0.467. The van der Waals surface area contributed by atoms with E-state index in [2.05, 4.69) is 5.32 Å². The Kier molecular flexibility index (Phi) is 6.58. The highest BCUT2D eigenvalue weighted by Gasteiger charge is 2.18. The first-order chi connectivity index (χ1) is 9.49. The maximum atomic E-state index is 12.3. The van der Waals surface area contributed by atoms with E-state index >= 15 is 0 Å². The monoisotopic (exact) mass is 295 g/mol. The quantitative estimate of drug-likeness (QED) is 0.758. The van der Waals surface area contributed by atoms with E-state index in [-0.39, 0.29) is 11.9 Å². The van der Waals surface area contributed by atoms with E-state index in [1.54, 1.807) is 25.1 Å². The summed E-state index contributed by atoms with van der Waals surface area (Å²) in [5.41, 5.74) is 0.539. The van der Waals surface area contributed by atoms with Crippen LogP contribution >= 0.6 is 11.8 Å². The lowest BCUT2D eigenvalue weighted by molar-refractivity contribution is -0.136. The average Bonchev–Trinajstić information content (AvgIpc) is 2.44. The highest BCUT2D eigenvalue weighted by Crippen LogP contribution is 2.27. The van der Waals surface area contributed by atoms with Crippen LogP contribution in [0.3, 0.4) is 0 Å². The summed E-state index contributed by atoms with van der Waals surface area (Å²) in [6, 6.07) is 7.26. The number of rotatable bonds is 7. The summed E-state index contributed by atoms with van der Waals surface area (Å²) in [6.45, 7) is 5.67. The lowest BCUT2D eigenvalue weighted by Gasteiger charge is -2.17. The van der Waals surface area contributed by atoms with Gasteiger partial charge in [-0.25, -0.2) is 0 Å². The van der Waals surface area contributed by atoms with Crippen LogP contribution in [0.5, 0.6) is 0 Å². The number of thioether (sulfide) groups is 1. The van der Waals surface area contributed by atoms with Gasteiger partial charge in [-0.2, -0.15) is 0 Å². The van der Waals surface area contributed by atoms with Crippen LogP contribution < -0.4 is 5.32 Å². The summed E-state index contributed by atoms with van der Waals surface area (Å²) in [5.74, 6) is -1.02. The number of amides is 1. The van der Waals surface area contributed by atoms with Crippen LogP contribution in [0.4, 0.5) is 0 Å². The van der Waals surface area contributed by atoms with Crippen molar-refractivity contribution in [2.75, 3.05) is 0 Å². The molecule has 0 saturated heterocycles. The third-order valence-corrected chi connectivity index (χ3v) is 4.27. The predicted molar refractivity (Wildman–Crippen MR) is 81.2 cm³/mol. The van der Waals surface area contributed by atoms with Gasteiger partial charge in [0.15, 0.2) is 0 Å². The summed E-state index contributed by atoms with van der Waals surface area (Å²) in [4.78, 5) is 23.9. The number of carboxylic acid groups (broad SMARTS) is 1. The molecule has 5 heteroatoms. The van der Waals surface area contributed by atoms with Crippen molar-refractivity contribution in [2.45, 2.75) is 49.8 Å². The third-order valence-electron chi connectivity index (χ3n) is 3.10. The Morgan fingerprint density at radius 2 is 1.85 bits per heavy atom. The van der Waals surface area contributed by atoms with E-state index in [4.69, 9.17) is 5.11 Å². The van der Waals surface area contributed by atoms with Crippen LogP contribution in [-0.2, 0) is 4.79 Å². The van der Waals surface area contributed by atoms with Crippen LogP contribution in [0.2, 0.25) is 0 Å². The molecule has 0 aliphatic carbocycles. The summed E-state index contributed by atoms with van der Waals surface area (Å²) in [6.07, 6.45) is 1.76. The number of hydrogen-bond acceptors (Lipinski definition) is 3. The van der Waals surface area contributed by atoms with Gasteiger partial charge in [0.1, 0.15) is 5.25 Å². The lowest BCUT2D eigenvalue weighted by atomic mass is 10.1. The molecule has 1 amide bonds. The summed E-state index contributed by atoms with van der Waals surface area (Å²) < 4.78 is 0. The number of nitrogens with one attached hydrogen (secondary N) is 1. The molecule has 1 atom stereocenters. The van der Waals surface area contributed by atoms with E-state index in [0.717, 1.165) is 12.8 Å². The third kappa shape index (κ3) is 4.56. The Labute approximate surface area is 124 Å². The standard InChI is InChI=1S/C15H21NO3S/c1-4-11(5-2)16-14(17)12-8-6-7-9-13(12)20-10(3)15(18)19/h6-11H,4-5H2,1-3H3,(H,16,17)(H,18,19). The highest BCUT2D eigenvalue weighted by atomic mass is 32.2. The molecule has 1 rings (SSSR count). The summed E-state index contributed by atoms with van der Waals surface area (Å²) in [5, 5.41) is 11.4. The molecular formula is C15H21NO3S. The second kappa shape index (κ2) is 7.94. The average molecular weight is 295 g/mol. The Bertz CT molecular complexity index is 472. The van der Waals surface area contributed by atoms with Crippen molar-refractivity contribution in [1.29, 1.82) is 0 Å². The van der Waals surface area contributed by atoms with Gasteiger partial charge >= 0.3 is 5.97 Å². The number of carbonyl (C=O) groups is 2. The van der Waals surface area contributed by atoms with Crippen LogP contribution in [0.15, 0.2) is 29.2 Å². The molecule has 0 aliphatic heterocycles. The maximum Gasteiger partial charge on any atom is 0.316 e. The van der Waals surface area contributed by atoms with Crippen LogP contribution in [0, 0.1) is 0 Å². The molecule has 1 aromatic carbocycles. The molecule has 0 aliphatic rings. The fourth-order valence-corrected chi connectivity index (χ4v) is 2.68. The second-order valence-corrected chi connectivity index (χ2v) is 5.96. The molecule has 20 heavy (non-hydrogen) atoms. The maximum absolute atomic E-state index is 12.3. The van der Waals surface area contributed by atoms with Crippen molar-refractivity contribution in [2.24, 2.45) is 0 Å². The van der Waals surface area contributed by atoms with Crippen molar-refractivity contribution in [1.82, 2.24) is 5.32 Å². The fourth-order valence-electron chi connectivity index (χ4n) is 1.75. The first-order valence-electron chi connectivity index (χ1n) is 6.78. The largest absolute Gasteiger partial charge is 0.480 e. The predicted octanol–water partition coefficient (Wildman–Crippen LogP) is 3.17. The van der Waals surface area contributed by atoms with Gasteiger partial charge < -0.3 is 10.4 Å². The molecule has 2 N–H and O–H groups in total. The van der Waals surface area contributed by atoms with Crippen molar-refractivity contribution in [3.63, 3.8) is 0 Å². The number of carboxylic acids is 1. The van der Waals surface area contributed by atoms with Crippen LogP contribution in [0.1, 0.15) is 44.0 Å². The lowest BCUT2D eigenvalue weighted by Crippen LogP contribution is -2.34. The zero-order chi connectivity index (χ0) is 15.1. The first kappa shape index (κ1) is 16.6. The number of hydrogen-bond donors (Lipinski definition) is 2. The minimum Gasteiger partial charge on any atom is -0.480 e. The van der Waals surface area contributed by atoms with Crippen molar-refractivity contribution in [3.05, 3.63) is 29.8 Å². The van der Waals surface area contributed by atoms with Gasteiger partial charge in [-0.1, -0.05) is 26.0 Å². The van der Waals surface area contributed by atoms with Crippen LogP contribution in [-0.4, -0.2) is 28.3 Å². The van der Waals surface area contributed by atoms with E-state index in [0.29, 0.717) is 10.5 Å². The van der Waals surface area contributed by atoms with Gasteiger partial charge in [-0.05, 0) is 31.9 Å². The van der Waals surface area contributed by atoms with Gasteiger partial charge in [0.2, 0.25) is 0 Å². The molecule has 0 saturated carbocycles. The van der Waals surface area contributed by atoms with Gasteiger partial charge in [-0.3, -0.25) is 9.59 Å². The number of carbonyl (C=O) groups excluding carboxylic acids is 1. The molecule has 0 fully saturated rings. The molecule has 1 unspecified atom stereocenters. The Hall–Kier alpha value is -1.49. The van der Waals surface area contributed by atoms with Gasteiger partial charge in [0, 0.05) is 10.9 Å². The molecule has 0 aromatic heterocycles. The highest BCUT2D eigenvalue weighted by molar-refractivity contribution is 8.00. The normalized spacial score (nSPS) is 12.2. The summed E-state index contributed by atoms with van der Waals surface area (Å²) >= 11 is 1.19. The van der Waals surface area contributed by atoms with Gasteiger partial charge in [-0.15, -0.1) is 11.8 Å². The van der Waals surface area contributed by atoms with E-state index in [9.17, 15) is 9.59 Å². The molecule has 0 heterocycles. The smallest absolute Gasteiger partial charge is 0.316 e. The number of aliphatic carboxylic acids is 1. The van der Waals surface area contributed by atoms with Crippen molar-refractivity contribution < 1.29 is 14.7 Å². The molecule has 0 bridgehead atoms. The van der Waals surface area contributed by atoms with Crippen molar-refractivity contribution >= 4 is 23.6 Å². The van der Waals surface area contributed by atoms with Gasteiger partial charge in [0.25, 0.3) is 5.91 Å². The van der Waals surface area contributed by atoms with Gasteiger partial charge in [0.05, 0.1) is 5.56 Å². The van der Waals surface area contributed by atoms with Crippen LogP contribution in [0.25, 0.3) is 0 Å². The molecule has 4 nitrogen and oxygen atoms in total. The molecule has 0 spiro atoms. The minimum absolute atomic E-state index is 0.139. The Morgan fingerprint density at radius 3 is 2.40 bits per heavy atom.